The Hall–Kier alpha value is -2.04. The van der Waals surface area contributed by atoms with Gasteiger partial charge in [0.25, 0.3) is 5.91 Å². The molecule has 1 aliphatic heterocycles. The molecule has 2 aliphatic rings. The smallest absolute Gasteiger partial charge is 0.254 e. The molecule has 1 fully saturated rings. The van der Waals surface area contributed by atoms with Gasteiger partial charge in [0.15, 0.2) is 5.96 Å². The summed E-state index contributed by atoms with van der Waals surface area (Å²) in [7, 11) is 0. The Morgan fingerprint density at radius 2 is 2.20 bits per heavy atom. The summed E-state index contributed by atoms with van der Waals surface area (Å²) in [6, 6.07) is 8.34. The highest BCUT2D eigenvalue weighted by molar-refractivity contribution is 5.96. The maximum atomic E-state index is 12.3. The van der Waals surface area contributed by atoms with Crippen molar-refractivity contribution in [3.8, 4) is 0 Å². The molecule has 0 spiro atoms. The molecular formula is C15H20N4O. The first-order valence-electron chi connectivity index (χ1n) is 7.17. The van der Waals surface area contributed by atoms with Crippen LogP contribution in [0, 0.1) is 0 Å². The number of nitrogens with two attached hydrogens (primary N) is 1. The third kappa shape index (κ3) is 2.92. The number of rotatable bonds is 4. The minimum atomic E-state index is 0.107. The van der Waals surface area contributed by atoms with Crippen LogP contribution in [-0.2, 0) is 6.42 Å². The van der Waals surface area contributed by atoms with Crippen LogP contribution in [0.25, 0.3) is 0 Å². The molecule has 0 unspecified atom stereocenters. The minimum absolute atomic E-state index is 0.107. The largest absolute Gasteiger partial charge is 0.370 e. The maximum absolute atomic E-state index is 12.3. The number of fused-ring (bicyclic) bond motifs is 1. The van der Waals surface area contributed by atoms with Crippen molar-refractivity contribution in [3.05, 3.63) is 35.4 Å². The Bertz CT molecular complexity index is 536. The van der Waals surface area contributed by atoms with E-state index in [-0.39, 0.29) is 5.91 Å². The first kappa shape index (κ1) is 13.0. The molecule has 1 amide bonds. The average Bonchev–Trinajstić information content (AvgIpc) is 3.25. The number of carbonyl (C=O) groups is 1. The second-order valence-corrected chi connectivity index (χ2v) is 5.38. The Kier molecular flexibility index (Phi) is 3.58. The van der Waals surface area contributed by atoms with Crippen molar-refractivity contribution in [3.63, 3.8) is 0 Å². The van der Waals surface area contributed by atoms with E-state index in [1.807, 2.05) is 29.2 Å². The SMILES string of the molecule is NC(=NCCN1CCc2ccccc2C1=O)NC1CC1. The molecule has 1 aromatic carbocycles. The molecule has 0 bridgehead atoms. The van der Waals surface area contributed by atoms with Crippen molar-refractivity contribution in [2.75, 3.05) is 19.6 Å². The highest BCUT2D eigenvalue weighted by atomic mass is 16.2. The van der Waals surface area contributed by atoms with Crippen molar-refractivity contribution in [1.29, 1.82) is 0 Å². The van der Waals surface area contributed by atoms with Crippen LogP contribution in [-0.4, -0.2) is 42.4 Å². The summed E-state index contributed by atoms with van der Waals surface area (Å²) >= 11 is 0. The minimum Gasteiger partial charge on any atom is -0.370 e. The van der Waals surface area contributed by atoms with Gasteiger partial charge in [0.2, 0.25) is 0 Å². The van der Waals surface area contributed by atoms with Crippen LogP contribution in [0.5, 0.6) is 0 Å². The first-order valence-corrected chi connectivity index (χ1v) is 7.17. The number of hydrogen-bond acceptors (Lipinski definition) is 2. The fourth-order valence-corrected chi connectivity index (χ4v) is 2.46. The summed E-state index contributed by atoms with van der Waals surface area (Å²) in [5, 5.41) is 3.14. The molecule has 0 radical (unpaired) electrons. The number of amides is 1. The van der Waals surface area contributed by atoms with Crippen LogP contribution in [0.1, 0.15) is 28.8 Å². The average molecular weight is 272 g/mol. The van der Waals surface area contributed by atoms with E-state index in [1.165, 1.54) is 12.8 Å². The fourth-order valence-electron chi connectivity index (χ4n) is 2.46. The molecular weight excluding hydrogens is 252 g/mol. The van der Waals surface area contributed by atoms with Gasteiger partial charge >= 0.3 is 0 Å². The van der Waals surface area contributed by atoms with Crippen molar-refractivity contribution < 1.29 is 4.79 Å². The van der Waals surface area contributed by atoms with Gasteiger partial charge in [-0.05, 0) is 30.9 Å². The Labute approximate surface area is 118 Å². The molecule has 3 rings (SSSR count). The number of nitrogens with one attached hydrogen (secondary N) is 1. The van der Waals surface area contributed by atoms with E-state index < -0.39 is 0 Å². The van der Waals surface area contributed by atoms with Gasteiger partial charge < -0.3 is 16.0 Å². The number of hydrogen-bond donors (Lipinski definition) is 2. The lowest BCUT2D eigenvalue weighted by Crippen LogP contribution is -2.40. The number of aliphatic imine (C=N–C) groups is 1. The van der Waals surface area contributed by atoms with Crippen molar-refractivity contribution in [1.82, 2.24) is 10.2 Å². The Balaban J connectivity index is 1.55. The zero-order valence-corrected chi connectivity index (χ0v) is 11.5. The quantitative estimate of drug-likeness (QED) is 0.627. The Morgan fingerprint density at radius 1 is 1.40 bits per heavy atom. The van der Waals surface area contributed by atoms with E-state index in [0.29, 0.717) is 25.1 Å². The van der Waals surface area contributed by atoms with Crippen LogP contribution in [0.4, 0.5) is 0 Å². The van der Waals surface area contributed by atoms with Crippen molar-refractivity contribution >= 4 is 11.9 Å². The molecule has 0 aromatic heterocycles. The van der Waals surface area contributed by atoms with Crippen LogP contribution in [0.3, 0.4) is 0 Å². The molecule has 106 valence electrons. The maximum Gasteiger partial charge on any atom is 0.254 e. The second kappa shape index (κ2) is 5.53. The topological polar surface area (TPSA) is 70.7 Å². The zero-order valence-electron chi connectivity index (χ0n) is 11.5. The van der Waals surface area contributed by atoms with E-state index in [0.717, 1.165) is 24.1 Å². The molecule has 20 heavy (non-hydrogen) atoms. The summed E-state index contributed by atoms with van der Waals surface area (Å²) in [5.74, 6) is 0.605. The van der Waals surface area contributed by atoms with Gasteiger partial charge in [0.05, 0.1) is 6.54 Å². The van der Waals surface area contributed by atoms with E-state index >= 15 is 0 Å². The standard InChI is InChI=1S/C15H20N4O/c16-15(18-12-5-6-12)17-8-10-19-9-7-11-3-1-2-4-13(11)14(19)20/h1-4,12H,5-10H2,(H3,16,17,18). The van der Waals surface area contributed by atoms with Crippen molar-refractivity contribution in [2.45, 2.75) is 25.3 Å². The van der Waals surface area contributed by atoms with Gasteiger partial charge in [0, 0.05) is 24.7 Å². The normalized spacial score (nSPS) is 18.9. The van der Waals surface area contributed by atoms with E-state index in [1.54, 1.807) is 0 Å². The number of nitrogens with zero attached hydrogens (tertiary/aromatic N) is 2. The van der Waals surface area contributed by atoms with Crippen LogP contribution in [0.15, 0.2) is 29.3 Å². The number of guanidine groups is 1. The van der Waals surface area contributed by atoms with E-state index in [9.17, 15) is 4.79 Å². The molecule has 0 saturated heterocycles. The molecule has 1 heterocycles. The molecule has 5 nitrogen and oxygen atoms in total. The van der Waals surface area contributed by atoms with Crippen LogP contribution in [0.2, 0.25) is 0 Å². The fraction of sp³-hybridized carbons (Fsp3) is 0.467. The second-order valence-electron chi connectivity index (χ2n) is 5.38. The Morgan fingerprint density at radius 3 is 3.00 bits per heavy atom. The van der Waals surface area contributed by atoms with Gasteiger partial charge in [-0.2, -0.15) is 0 Å². The molecule has 3 N–H and O–H groups in total. The van der Waals surface area contributed by atoms with Gasteiger partial charge in [-0.15, -0.1) is 0 Å². The van der Waals surface area contributed by atoms with Gasteiger partial charge in [-0.1, -0.05) is 18.2 Å². The van der Waals surface area contributed by atoms with Crippen LogP contribution < -0.4 is 11.1 Å². The molecule has 1 aliphatic carbocycles. The number of benzene rings is 1. The predicted octanol–water partition coefficient (Wildman–Crippen LogP) is 0.752. The molecule has 5 heteroatoms. The summed E-state index contributed by atoms with van der Waals surface area (Å²) in [6.07, 6.45) is 3.27. The molecule has 1 saturated carbocycles. The third-order valence-electron chi connectivity index (χ3n) is 3.77. The van der Waals surface area contributed by atoms with E-state index in [2.05, 4.69) is 10.3 Å². The van der Waals surface area contributed by atoms with E-state index in [4.69, 9.17) is 5.73 Å². The zero-order chi connectivity index (χ0) is 13.9. The lowest BCUT2D eigenvalue weighted by Gasteiger charge is -2.28. The predicted molar refractivity (Wildman–Crippen MR) is 78.7 cm³/mol. The van der Waals surface area contributed by atoms with Gasteiger partial charge in [-0.3, -0.25) is 9.79 Å². The first-order chi connectivity index (χ1) is 9.74. The summed E-state index contributed by atoms with van der Waals surface area (Å²) < 4.78 is 0. The highest BCUT2D eigenvalue weighted by Gasteiger charge is 2.23. The van der Waals surface area contributed by atoms with Crippen LogP contribution >= 0.6 is 0 Å². The third-order valence-corrected chi connectivity index (χ3v) is 3.77. The summed E-state index contributed by atoms with van der Waals surface area (Å²) in [4.78, 5) is 18.4. The van der Waals surface area contributed by atoms with Gasteiger partial charge in [-0.25, -0.2) is 0 Å². The number of carbonyl (C=O) groups excluding carboxylic acids is 1. The lowest BCUT2D eigenvalue weighted by atomic mass is 9.99. The molecule has 0 atom stereocenters. The highest BCUT2D eigenvalue weighted by Crippen LogP contribution is 2.19. The molecule has 1 aromatic rings. The summed E-state index contributed by atoms with van der Waals surface area (Å²) in [6.45, 7) is 1.95. The summed E-state index contributed by atoms with van der Waals surface area (Å²) in [5.41, 5.74) is 7.75. The van der Waals surface area contributed by atoms with Gasteiger partial charge in [0.1, 0.15) is 0 Å². The lowest BCUT2D eigenvalue weighted by molar-refractivity contribution is 0.0745. The monoisotopic (exact) mass is 272 g/mol. The van der Waals surface area contributed by atoms with Crippen molar-refractivity contribution in [2.24, 2.45) is 10.7 Å².